The van der Waals surface area contributed by atoms with Crippen molar-refractivity contribution in [3.8, 4) is 5.69 Å². The summed E-state index contributed by atoms with van der Waals surface area (Å²) in [5.41, 5.74) is 3.38. The minimum absolute atomic E-state index is 0.472. The van der Waals surface area contributed by atoms with Gasteiger partial charge in [-0.3, -0.25) is 0 Å². The topological polar surface area (TPSA) is 58.9 Å². The molecule has 1 N–H and O–H groups in total. The van der Waals surface area contributed by atoms with Gasteiger partial charge in [0.15, 0.2) is 5.82 Å². The highest BCUT2D eigenvalue weighted by Gasteiger charge is 2.20. The number of piperidine rings is 1. The summed E-state index contributed by atoms with van der Waals surface area (Å²) in [5.74, 6) is 0.979. The van der Waals surface area contributed by atoms with Gasteiger partial charge in [0.25, 0.3) is 0 Å². The first kappa shape index (κ1) is 16.7. The van der Waals surface area contributed by atoms with Gasteiger partial charge in [0.05, 0.1) is 12.0 Å². The third kappa shape index (κ3) is 3.91. The maximum absolute atomic E-state index is 4.33. The number of benzene rings is 1. The number of nitrogens with one attached hydrogen (secondary N) is 1. The van der Waals surface area contributed by atoms with Crippen molar-refractivity contribution in [2.24, 2.45) is 0 Å². The third-order valence-corrected chi connectivity index (χ3v) is 4.86. The Morgan fingerprint density at radius 2 is 2.00 bits per heavy atom. The average molecular weight is 348 g/mol. The molecule has 0 radical (unpaired) electrons. The number of aromatic nitrogens is 4. The first-order chi connectivity index (χ1) is 12.8. The second kappa shape index (κ2) is 7.66. The smallest absolute Gasteiger partial charge is 0.151 e. The fraction of sp³-hybridized carbons (Fsp3) is 0.350. The van der Waals surface area contributed by atoms with E-state index in [-0.39, 0.29) is 0 Å². The van der Waals surface area contributed by atoms with Crippen molar-refractivity contribution in [1.29, 1.82) is 0 Å². The Kier molecular flexibility index (Phi) is 4.93. The Labute approximate surface area is 153 Å². The highest BCUT2D eigenvalue weighted by atomic mass is 15.3. The first-order valence-corrected chi connectivity index (χ1v) is 9.14. The fourth-order valence-corrected chi connectivity index (χ4v) is 3.37. The highest BCUT2D eigenvalue weighted by molar-refractivity contribution is 5.38. The molecule has 1 saturated heterocycles. The van der Waals surface area contributed by atoms with Crippen LogP contribution in [0.2, 0.25) is 0 Å². The number of nitrogens with zero attached hydrogens (tertiary/aromatic N) is 5. The van der Waals surface area contributed by atoms with Crippen molar-refractivity contribution in [3.63, 3.8) is 0 Å². The molecule has 0 amide bonds. The zero-order valence-electron chi connectivity index (χ0n) is 15.0. The molecule has 26 heavy (non-hydrogen) atoms. The van der Waals surface area contributed by atoms with Crippen LogP contribution in [-0.4, -0.2) is 38.9 Å². The number of rotatable bonds is 5. The zero-order chi connectivity index (χ0) is 17.8. The lowest BCUT2D eigenvalue weighted by Gasteiger charge is -2.33. The minimum atomic E-state index is 0.472. The van der Waals surface area contributed by atoms with E-state index in [1.54, 1.807) is 6.20 Å². The van der Waals surface area contributed by atoms with Crippen molar-refractivity contribution >= 4 is 5.82 Å². The summed E-state index contributed by atoms with van der Waals surface area (Å²) in [6, 6.07) is 13.2. The predicted molar refractivity (Wildman–Crippen MR) is 102 cm³/mol. The minimum Gasteiger partial charge on any atom is -0.354 e. The van der Waals surface area contributed by atoms with E-state index >= 15 is 0 Å². The van der Waals surface area contributed by atoms with Crippen molar-refractivity contribution in [1.82, 2.24) is 25.1 Å². The molecule has 2 aromatic heterocycles. The van der Waals surface area contributed by atoms with Crippen molar-refractivity contribution < 1.29 is 0 Å². The van der Waals surface area contributed by atoms with E-state index in [0.29, 0.717) is 6.04 Å². The van der Waals surface area contributed by atoms with Gasteiger partial charge in [0, 0.05) is 43.8 Å². The van der Waals surface area contributed by atoms with Crippen LogP contribution < -0.4 is 10.2 Å². The van der Waals surface area contributed by atoms with E-state index in [0.717, 1.165) is 36.8 Å². The van der Waals surface area contributed by atoms with Gasteiger partial charge < -0.3 is 14.8 Å². The molecule has 0 aliphatic carbocycles. The molecule has 3 aromatic rings. The standard InChI is InChI=1S/C20H24N6/c1-16-4-9-20(24-23-16)25-11-2-3-18(14-25)22-13-17-5-7-19(8-6-17)26-12-10-21-15-26/h4-10,12,15,18,22H,2-3,11,13-14H2,1H3/t18-/m0/s1. The molecule has 0 spiro atoms. The summed E-state index contributed by atoms with van der Waals surface area (Å²) in [6.07, 6.45) is 7.94. The molecule has 134 valence electrons. The summed E-state index contributed by atoms with van der Waals surface area (Å²) in [7, 11) is 0. The molecule has 0 bridgehead atoms. The quantitative estimate of drug-likeness (QED) is 0.768. The van der Waals surface area contributed by atoms with Crippen molar-refractivity contribution in [3.05, 3.63) is 66.4 Å². The Bertz CT molecular complexity index is 811. The largest absolute Gasteiger partial charge is 0.354 e. The van der Waals surface area contributed by atoms with Crippen LogP contribution in [0.4, 0.5) is 5.82 Å². The Morgan fingerprint density at radius 3 is 2.73 bits per heavy atom. The molecule has 1 aliphatic heterocycles. The molecule has 1 aromatic carbocycles. The van der Waals surface area contributed by atoms with Crippen LogP contribution in [0.5, 0.6) is 0 Å². The van der Waals surface area contributed by atoms with Gasteiger partial charge in [0.1, 0.15) is 0 Å². The van der Waals surface area contributed by atoms with E-state index in [1.807, 2.05) is 30.1 Å². The normalized spacial score (nSPS) is 17.4. The summed E-state index contributed by atoms with van der Waals surface area (Å²) >= 11 is 0. The lowest BCUT2D eigenvalue weighted by atomic mass is 10.1. The van der Waals surface area contributed by atoms with Crippen molar-refractivity contribution in [2.75, 3.05) is 18.0 Å². The van der Waals surface area contributed by atoms with Crippen LogP contribution in [-0.2, 0) is 6.54 Å². The molecule has 4 rings (SSSR count). The Hall–Kier alpha value is -2.73. The lowest BCUT2D eigenvalue weighted by molar-refractivity contribution is 0.419. The van der Waals surface area contributed by atoms with Gasteiger partial charge in [0.2, 0.25) is 0 Å². The van der Waals surface area contributed by atoms with Crippen LogP contribution in [0.1, 0.15) is 24.1 Å². The van der Waals surface area contributed by atoms with Crippen LogP contribution in [0.3, 0.4) is 0 Å². The van der Waals surface area contributed by atoms with Crippen molar-refractivity contribution in [2.45, 2.75) is 32.4 Å². The molecule has 1 atom stereocenters. The fourth-order valence-electron chi connectivity index (χ4n) is 3.37. The van der Waals surface area contributed by atoms with Crippen LogP contribution >= 0.6 is 0 Å². The van der Waals surface area contributed by atoms with Gasteiger partial charge in [-0.05, 0) is 49.6 Å². The number of hydrogen-bond donors (Lipinski definition) is 1. The van der Waals surface area contributed by atoms with Crippen LogP contribution in [0.25, 0.3) is 5.69 Å². The summed E-state index contributed by atoms with van der Waals surface area (Å²) < 4.78 is 2.01. The lowest BCUT2D eigenvalue weighted by Crippen LogP contribution is -2.45. The maximum Gasteiger partial charge on any atom is 0.151 e. The molecular weight excluding hydrogens is 324 g/mol. The van der Waals surface area contributed by atoms with E-state index in [4.69, 9.17) is 0 Å². The van der Waals surface area contributed by atoms with Crippen LogP contribution in [0.15, 0.2) is 55.1 Å². The van der Waals surface area contributed by atoms with Gasteiger partial charge in [-0.1, -0.05) is 12.1 Å². The third-order valence-electron chi connectivity index (χ3n) is 4.86. The Balaban J connectivity index is 1.33. The zero-order valence-corrected chi connectivity index (χ0v) is 15.0. The number of imidazole rings is 1. The number of hydrogen-bond acceptors (Lipinski definition) is 5. The molecule has 0 saturated carbocycles. The molecular formula is C20H24N6. The Morgan fingerprint density at radius 1 is 1.12 bits per heavy atom. The highest BCUT2D eigenvalue weighted by Crippen LogP contribution is 2.18. The SMILES string of the molecule is Cc1ccc(N2CCC[C@H](NCc3ccc(-n4ccnc4)cc3)C2)nn1. The van der Waals surface area contributed by atoms with E-state index in [9.17, 15) is 0 Å². The van der Waals surface area contributed by atoms with Gasteiger partial charge in [-0.25, -0.2) is 4.98 Å². The van der Waals surface area contributed by atoms with E-state index in [2.05, 4.69) is 55.7 Å². The number of aryl methyl sites for hydroxylation is 1. The maximum atomic E-state index is 4.33. The first-order valence-electron chi connectivity index (χ1n) is 9.14. The van der Waals surface area contributed by atoms with E-state index < -0.39 is 0 Å². The second-order valence-corrected chi connectivity index (χ2v) is 6.84. The molecule has 0 unspecified atom stereocenters. The van der Waals surface area contributed by atoms with Gasteiger partial charge in [-0.15, -0.1) is 5.10 Å². The molecule has 1 aliphatic rings. The second-order valence-electron chi connectivity index (χ2n) is 6.84. The molecule has 6 heteroatoms. The van der Waals surface area contributed by atoms with Gasteiger partial charge >= 0.3 is 0 Å². The summed E-state index contributed by atoms with van der Waals surface area (Å²) in [4.78, 5) is 6.42. The van der Waals surface area contributed by atoms with Crippen LogP contribution in [0, 0.1) is 6.92 Å². The monoisotopic (exact) mass is 348 g/mol. The number of anilines is 1. The summed E-state index contributed by atoms with van der Waals surface area (Å²) in [5, 5.41) is 12.2. The van der Waals surface area contributed by atoms with Gasteiger partial charge in [-0.2, -0.15) is 5.10 Å². The average Bonchev–Trinajstić information content (AvgIpc) is 3.22. The predicted octanol–water partition coefficient (Wildman–Crippen LogP) is 2.73. The molecule has 6 nitrogen and oxygen atoms in total. The molecule has 1 fully saturated rings. The molecule has 3 heterocycles. The van der Waals surface area contributed by atoms with E-state index in [1.165, 1.54) is 18.4 Å². The summed E-state index contributed by atoms with van der Waals surface area (Å²) in [6.45, 7) is 4.87.